The summed E-state index contributed by atoms with van der Waals surface area (Å²) in [6, 6.07) is 8.71. The Morgan fingerprint density at radius 3 is 2.80 bits per heavy atom. The summed E-state index contributed by atoms with van der Waals surface area (Å²) < 4.78 is 4.47. The molecule has 1 fully saturated rings. The first-order valence-electron chi connectivity index (χ1n) is 7.08. The molecule has 1 aliphatic rings. The Bertz CT molecular complexity index is 589. The van der Waals surface area contributed by atoms with Gasteiger partial charge in [-0.1, -0.05) is 26.0 Å². The Hall–Kier alpha value is -1.62. The average Bonchev–Trinajstić information content (AvgIpc) is 3.12. The summed E-state index contributed by atoms with van der Waals surface area (Å²) in [7, 11) is 0. The first-order valence-corrected chi connectivity index (χ1v) is 7.85. The highest BCUT2D eigenvalue weighted by Gasteiger charge is 2.31. The molecule has 2 aromatic rings. The van der Waals surface area contributed by atoms with Crippen LogP contribution in [-0.2, 0) is 6.54 Å². The molecule has 1 saturated carbocycles. The van der Waals surface area contributed by atoms with Crippen LogP contribution >= 0.6 is 11.5 Å². The summed E-state index contributed by atoms with van der Waals surface area (Å²) in [5.41, 5.74) is 7.92. The minimum Gasteiger partial charge on any atom is -0.399 e. The molecular weight excluding hydrogens is 268 g/mol. The van der Waals surface area contributed by atoms with Gasteiger partial charge < -0.3 is 10.6 Å². The molecule has 2 N–H and O–H groups in total. The quantitative estimate of drug-likeness (QED) is 0.857. The van der Waals surface area contributed by atoms with Crippen molar-refractivity contribution < 1.29 is 0 Å². The van der Waals surface area contributed by atoms with E-state index >= 15 is 0 Å². The lowest BCUT2D eigenvalue weighted by molar-refractivity contribution is 0.763. The fourth-order valence-corrected chi connectivity index (χ4v) is 3.08. The Kier molecular flexibility index (Phi) is 3.61. The zero-order chi connectivity index (χ0) is 14.1. The Balaban J connectivity index is 1.81. The maximum absolute atomic E-state index is 5.86. The van der Waals surface area contributed by atoms with Gasteiger partial charge in [0.15, 0.2) is 0 Å². The topological polar surface area (TPSA) is 55.0 Å². The highest BCUT2D eigenvalue weighted by molar-refractivity contribution is 7.09. The number of hydrogen-bond donors (Lipinski definition) is 1. The summed E-state index contributed by atoms with van der Waals surface area (Å²) in [5.74, 6) is 1.33. The summed E-state index contributed by atoms with van der Waals surface area (Å²) >= 11 is 1.51. The molecule has 4 nitrogen and oxygen atoms in total. The van der Waals surface area contributed by atoms with Gasteiger partial charge in [-0.15, -0.1) is 0 Å². The molecule has 5 heteroatoms. The largest absolute Gasteiger partial charge is 0.399 e. The first-order chi connectivity index (χ1) is 9.63. The lowest BCUT2D eigenvalue weighted by atomic mass is 10.2. The van der Waals surface area contributed by atoms with Crippen LogP contribution in [-0.4, -0.2) is 15.4 Å². The van der Waals surface area contributed by atoms with E-state index in [1.807, 2.05) is 18.2 Å². The van der Waals surface area contributed by atoms with Gasteiger partial charge in [-0.3, -0.25) is 0 Å². The third-order valence-corrected chi connectivity index (χ3v) is 4.25. The molecule has 0 bridgehead atoms. The molecule has 0 aliphatic heterocycles. The second kappa shape index (κ2) is 5.40. The van der Waals surface area contributed by atoms with E-state index in [1.54, 1.807) is 0 Å². The fraction of sp³-hybridized carbons (Fsp3) is 0.467. The molecule has 20 heavy (non-hydrogen) atoms. The first kappa shape index (κ1) is 13.4. The van der Waals surface area contributed by atoms with Crippen LogP contribution in [0.4, 0.5) is 10.8 Å². The molecule has 1 aromatic carbocycles. The van der Waals surface area contributed by atoms with Gasteiger partial charge in [0.05, 0.1) is 0 Å². The summed E-state index contributed by atoms with van der Waals surface area (Å²) in [6.45, 7) is 5.12. The minimum absolute atomic E-state index is 0.383. The Morgan fingerprint density at radius 1 is 1.40 bits per heavy atom. The molecule has 0 amide bonds. The SMILES string of the molecule is CC(C)c1nsc(N(Cc2cccc(N)c2)C2CC2)n1. The van der Waals surface area contributed by atoms with E-state index in [1.165, 1.54) is 29.9 Å². The number of nitrogens with two attached hydrogens (primary N) is 1. The van der Waals surface area contributed by atoms with Crippen molar-refractivity contribution in [2.24, 2.45) is 0 Å². The molecule has 0 atom stereocenters. The van der Waals surface area contributed by atoms with Crippen LogP contribution in [0.25, 0.3) is 0 Å². The van der Waals surface area contributed by atoms with Crippen LogP contribution in [0, 0.1) is 0 Å². The highest BCUT2D eigenvalue weighted by atomic mass is 32.1. The molecule has 0 spiro atoms. The molecular formula is C15H20N4S. The van der Waals surface area contributed by atoms with Gasteiger partial charge in [-0.2, -0.15) is 4.37 Å². The maximum atomic E-state index is 5.86. The van der Waals surface area contributed by atoms with Crippen molar-refractivity contribution in [3.63, 3.8) is 0 Å². The van der Waals surface area contributed by atoms with Crippen molar-refractivity contribution >= 4 is 22.4 Å². The zero-order valence-corrected chi connectivity index (χ0v) is 12.7. The molecule has 0 radical (unpaired) electrons. The van der Waals surface area contributed by atoms with Crippen molar-refractivity contribution in [2.45, 2.75) is 45.2 Å². The second-order valence-electron chi connectivity index (χ2n) is 5.69. The fourth-order valence-electron chi connectivity index (χ4n) is 2.20. The summed E-state index contributed by atoms with van der Waals surface area (Å²) in [4.78, 5) is 7.07. The zero-order valence-electron chi connectivity index (χ0n) is 11.9. The van der Waals surface area contributed by atoms with Crippen LogP contribution in [0.5, 0.6) is 0 Å². The van der Waals surface area contributed by atoms with E-state index < -0.39 is 0 Å². The normalized spacial score (nSPS) is 14.8. The highest BCUT2D eigenvalue weighted by Crippen LogP contribution is 2.34. The number of aromatic nitrogens is 2. The van der Waals surface area contributed by atoms with Gasteiger partial charge in [-0.05, 0) is 30.5 Å². The second-order valence-corrected chi connectivity index (χ2v) is 6.42. The Labute approximate surface area is 123 Å². The standard InChI is InChI=1S/C15H20N4S/c1-10(2)14-17-15(20-18-14)19(13-6-7-13)9-11-4-3-5-12(16)8-11/h3-5,8,10,13H,6-7,9,16H2,1-2H3. The van der Waals surface area contributed by atoms with Gasteiger partial charge in [0, 0.05) is 35.7 Å². The van der Waals surface area contributed by atoms with Crippen LogP contribution < -0.4 is 10.6 Å². The molecule has 0 saturated heterocycles. The van der Waals surface area contributed by atoms with E-state index in [-0.39, 0.29) is 0 Å². The monoisotopic (exact) mass is 288 g/mol. The van der Waals surface area contributed by atoms with E-state index in [0.717, 1.165) is 23.2 Å². The smallest absolute Gasteiger partial charge is 0.205 e. The Morgan fingerprint density at radius 2 is 2.20 bits per heavy atom. The lowest BCUT2D eigenvalue weighted by Gasteiger charge is -2.21. The molecule has 0 unspecified atom stereocenters. The number of nitrogen functional groups attached to an aromatic ring is 1. The van der Waals surface area contributed by atoms with E-state index in [2.05, 4.69) is 29.2 Å². The number of rotatable bonds is 5. The average molecular weight is 288 g/mol. The van der Waals surface area contributed by atoms with Crippen molar-refractivity contribution in [3.05, 3.63) is 35.7 Å². The van der Waals surface area contributed by atoms with Crippen molar-refractivity contribution in [3.8, 4) is 0 Å². The van der Waals surface area contributed by atoms with Crippen LogP contribution in [0.3, 0.4) is 0 Å². The molecule has 1 heterocycles. The maximum Gasteiger partial charge on any atom is 0.205 e. The molecule has 106 valence electrons. The third kappa shape index (κ3) is 2.93. The number of anilines is 2. The van der Waals surface area contributed by atoms with Crippen LogP contribution in [0.15, 0.2) is 24.3 Å². The van der Waals surface area contributed by atoms with Crippen molar-refractivity contribution in [1.82, 2.24) is 9.36 Å². The lowest BCUT2D eigenvalue weighted by Crippen LogP contribution is -2.25. The third-order valence-electron chi connectivity index (χ3n) is 3.48. The predicted octanol–water partition coefficient (Wildman–Crippen LogP) is 3.41. The van der Waals surface area contributed by atoms with E-state index in [9.17, 15) is 0 Å². The predicted molar refractivity (Wildman–Crippen MR) is 84.1 cm³/mol. The van der Waals surface area contributed by atoms with Gasteiger partial charge >= 0.3 is 0 Å². The molecule has 1 aromatic heterocycles. The van der Waals surface area contributed by atoms with Crippen LogP contribution in [0.1, 0.15) is 44.0 Å². The van der Waals surface area contributed by atoms with E-state index in [4.69, 9.17) is 10.7 Å². The van der Waals surface area contributed by atoms with Crippen LogP contribution in [0.2, 0.25) is 0 Å². The minimum atomic E-state index is 0.383. The van der Waals surface area contributed by atoms with E-state index in [0.29, 0.717) is 12.0 Å². The summed E-state index contributed by atoms with van der Waals surface area (Å²) in [5, 5.41) is 1.04. The summed E-state index contributed by atoms with van der Waals surface area (Å²) in [6.07, 6.45) is 2.50. The van der Waals surface area contributed by atoms with Gasteiger partial charge in [0.2, 0.25) is 5.13 Å². The van der Waals surface area contributed by atoms with Gasteiger partial charge in [0.1, 0.15) is 5.82 Å². The van der Waals surface area contributed by atoms with Gasteiger partial charge in [-0.25, -0.2) is 4.98 Å². The number of nitrogens with zero attached hydrogens (tertiary/aromatic N) is 3. The molecule has 3 rings (SSSR count). The number of hydrogen-bond acceptors (Lipinski definition) is 5. The van der Waals surface area contributed by atoms with Gasteiger partial charge in [0.25, 0.3) is 0 Å². The molecule has 1 aliphatic carbocycles. The van der Waals surface area contributed by atoms with Crippen molar-refractivity contribution in [1.29, 1.82) is 0 Å². The number of benzene rings is 1. The van der Waals surface area contributed by atoms with Crippen molar-refractivity contribution in [2.75, 3.05) is 10.6 Å².